The van der Waals surface area contributed by atoms with Gasteiger partial charge in [0.15, 0.2) is 0 Å². The van der Waals surface area contributed by atoms with E-state index in [1.54, 1.807) is 6.08 Å². The zero-order valence-electron chi connectivity index (χ0n) is 12.4. The smallest absolute Gasteiger partial charge is 0.316 e. The summed E-state index contributed by atoms with van der Waals surface area (Å²) < 4.78 is 15.7. The molecular formula is C12H21NO6Si. The summed E-state index contributed by atoms with van der Waals surface area (Å²) in [7, 11) is 0.743. The number of hydrogen-bond donors (Lipinski definition) is 0. The molecule has 0 aromatic rings. The van der Waals surface area contributed by atoms with Crippen LogP contribution >= 0.6 is 0 Å². The van der Waals surface area contributed by atoms with Crippen LogP contribution in [0.15, 0.2) is 11.8 Å². The number of carbonyl (C=O) groups is 1. The summed E-state index contributed by atoms with van der Waals surface area (Å²) in [6.45, 7) is 6.01. The summed E-state index contributed by atoms with van der Waals surface area (Å²) in [6.07, 6.45) is 0.974. The third kappa shape index (κ3) is 4.04. The van der Waals surface area contributed by atoms with Crippen LogP contribution < -0.4 is 0 Å². The number of nitro groups is 1. The molecule has 0 unspecified atom stereocenters. The van der Waals surface area contributed by atoms with Gasteiger partial charge < -0.3 is 13.9 Å². The predicted octanol–water partition coefficient (Wildman–Crippen LogP) is 1.57. The molecule has 0 amide bonds. The summed E-state index contributed by atoms with van der Waals surface area (Å²) in [5.41, 5.74) is 0. The molecular weight excluding hydrogens is 282 g/mol. The van der Waals surface area contributed by atoms with Crippen molar-refractivity contribution in [2.24, 2.45) is 5.92 Å². The maximum atomic E-state index is 11.8. The van der Waals surface area contributed by atoms with Gasteiger partial charge in [-0.05, 0) is 25.7 Å². The number of hydrogen-bond acceptors (Lipinski definition) is 6. The standard InChI is InChI=1S/C12H21NO6Si/c1-17-10-7-8(19-20(3,4)5)6-9(12(14)18-2)11(10)13(15)16/h7,9-11H,6H2,1-5H3/t9-,10-,11+/m0/s1. The Morgan fingerprint density at radius 2 is 2.00 bits per heavy atom. The minimum absolute atomic E-state index is 0.169. The van der Waals surface area contributed by atoms with Gasteiger partial charge >= 0.3 is 5.97 Å². The summed E-state index contributed by atoms with van der Waals surface area (Å²) in [5.74, 6) is -0.931. The van der Waals surface area contributed by atoms with Crippen molar-refractivity contribution in [3.63, 3.8) is 0 Å². The van der Waals surface area contributed by atoms with Crippen molar-refractivity contribution in [1.82, 2.24) is 0 Å². The van der Waals surface area contributed by atoms with Gasteiger partial charge in [-0.1, -0.05) is 0 Å². The van der Waals surface area contributed by atoms with E-state index in [9.17, 15) is 14.9 Å². The Hall–Kier alpha value is -1.41. The van der Waals surface area contributed by atoms with Crippen molar-refractivity contribution in [2.45, 2.75) is 38.2 Å². The Kier molecular flexibility index (Phi) is 5.29. The van der Waals surface area contributed by atoms with Crippen LogP contribution in [0, 0.1) is 16.0 Å². The molecule has 8 heteroatoms. The highest BCUT2D eigenvalue weighted by Crippen LogP contribution is 2.31. The summed E-state index contributed by atoms with van der Waals surface area (Å²) in [6, 6.07) is -1.15. The number of nitrogens with zero attached hydrogens (tertiary/aromatic N) is 1. The van der Waals surface area contributed by atoms with E-state index in [2.05, 4.69) is 4.74 Å². The van der Waals surface area contributed by atoms with Crippen LogP contribution in [0.5, 0.6) is 0 Å². The van der Waals surface area contributed by atoms with Crippen LogP contribution in [0.3, 0.4) is 0 Å². The topological polar surface area (TPSA) is 87.9 Å². The highest BCUT2D eigenvalue weighted by molar-refractivity contribution is 6.70. The van der Waals surface area contributed by atoms with Gasteiger partial charge in [-0.25, -0.2) is 0 Å². The summed E-state index contributed by atoms with van der Waals surface area (Å²) in [4.78, 5) is 22.5. The van der Waals surface area contributed by atoms with Gasteiger partial charge in [0, 0.05) is 18.5 Å². The lowest BCUT2D eigenvalue weighted by Crippen LogP contribution is -2.47. The first-order valence-electron chi connectivity index (χ1n) is 6.33. The molecule has 0 aromatic heterocycles. The van der Waals surface area contributed by atoms with Crippen LogP contribution in [0.2, 0.25) is 19.6 Å². The monoisotopic (exact) mass is 303 g/mol. The van der Waals surface area contributed by atoms with E-state index in [-0.39, 0.29) is 6.42 Å². The van der Waals surface area contributed by atoms with E-state index >= 15 is 0 Å². The minimum Gasteiger partial charge on any atom is -0.547 e. The molecule has 0 saturated carbocycles. The van der Waals surface area contributed by atoms with E-state index in [0.717, 1.165) is 0 Å². The largest absolute Gasteiger partial charge is 0.547 e. The summed E-state index contributed by atoms with van der Waals surface area (Å²) in [5, 5.41) is 11.2. The molecule has 1 aliphatic carbocycles. The van der Waals surface area contributed by atoms with Gasteiger partial charge in [-0.15, -0.1) is 0 Å². The Morgan fingerprint density at radius 1 is 1.40 bits per heavy atom. The first-order chi connectivity index (χ1) is 9.19. The average molecular weight is 303 g/mol. The molecule has 0 spiro atoms. The average Bonchev–Trinajstić information content (AvgIpc) is 2.34. The normalized spacial score (nSPS) is 26.6. The molecule has 114 valence electrons. The molecule has 7 nitrogen and oxygen atoms in total. The number of allylic oxidation sites excluding steroid dienone is 1. The lowest BCUT2D eigenvalue weighted by molar-refractivity contribution is -0.540. The van der Waals surface area contributed by atoms with E-state index in [4.69, 9.17) is 9.16 Å². The fraction of sp³-hybridized carbons (Fsp3) is 0.750. The van der Waals surface area contributed by atoms with Crippen LogP contribution in [-0.2, 0) is 18.7 Å². The third-order valence-corrected chi connectivity index (χ3v) is 3.85. The molecule has 3 atom stereocenters. The lowest BCUT2D eigenvalue weighted by Gasteiger charge is -2.32. The number of ether oxygens (including phenoxy) is 2. The number of esters is 1. The van der Waals surface area contributed by atoms with Gasteiger partial charge in [0.05, 0.1) is 12.9 Å². The van der Waals surface area contributed by atoms with Crippen molar-refractivity contribution in [1.29, 1.82) is 0 Å². The molecule has 0 N–H and O–H groups in total. The molecule has 0 radical (unpaired) electrons. The van der Waals surface area contributed by atoms with Crippen molar-refractivity contribution in [3.8, 4) is 0 Å². The van der Waals surface area contributed by atoms with Crippen molar-refractivity contribution in [3.05, 3.63) is 21.9 Å². The Morgan fingerprint density at radius 3 is 2.40 bits per heavy atom. The Balaban J connectivity index is 3.09. The maximum Gasteiger partial charge on any atom is 0.316 e. The highest BCUT2D eigenvalue weighted by Gasteiger charge is 2.47. The van der Waals surface area contributed by atoms with Crippen LogP contribution in [-0.4, -0.2) is 45.6 Å². The van der Waals surface area contributed by atoms with E-state index < -0.39 is 37.3 Å². The second-order valence-corrected chi connectivity index (χ2v) is 10.1. The van der Waals surface area contributed by atoms with E-state index in [0.29, 0.717) is 5.76 Å². The maximum absolute atomic E-state index is 11.8. The molecule has 0 aliphatic heterocycles. The Labute approximate surface area is 119 Å². The zero-order chi connectivity index (χ0) is 15.5. The Bertz CT molecular complexity index is 417. The number of rotatable bonds is 5. The molecule has 0 aromatic carbocycles. The minimum atomic E-state index is -1.86. The SMILES string of the molecule is COC(=O)[C@H]1CC(O[Si](C)(C)C)=C[C@H](OC)[C@@H]1[N+](=O)[O-]. The fourth-order valence-corrected chi connectivity index (χ4v) is 3.17. The molecule has 0 fully saturated rings. The van der Waals surface area contributed by atoms with Crippen LogP contribution in [0.1, 0.15) is 6.42 Å². The second kappa shape index (κ2) is 6.36. The molecule has 0 bridgehead atoms. The lowest BCUT2D eigenvalue weighted by atomic mass is 9.86. The first kappa shape index (κ1) is 16.6. The second-order valence-electron chi connectivity index (χ2n) is 5.66. The third-order valence-electron chi connectivity index (χ3n) is 2.98. The van der Waals surface area contributed by atoms with E-state index in [1.807, 2.05) is 19.6 Å². The van der Waals surface area contributed by atoms with Gasteiger partial charge in [-0.2, -0.15) is 0 Å². The van der Waals surface area contributed by atoms with Crippen molar-refractivity contribution in [2.75, 3.05) is 14.2 Å². The molecule has 1 aliphatic rings. The highest BCUT2D eigenvalue weighted by atomic mass is 28.4. The van der Waals surface area contributed by atoms with Crippen molar-refractivity contribution < 1.29 is 23.6 Å². The molecule has 0 saturated heterocycles. The number of carbonyl (C=O) groups excluding carboxylic acids is 1. The van der Waals surface area contributed by atoms with Gasteiger partial charge in [0.1, 0.15) is 12.0 Å². The van der Waals surface area contributed by atoms with Crippen molar-refractivity contribution >= 4 is 14.3 Å². The van der Waals surface area contributed by atoms with Crippen LogP contribution in [0.25, 0.3) is 0 Å². The van der Waals surface area contributed by atoms with Gasteiger partial charge in [0.2, 0.25) is 8.32 Å². The fourth-order valence-electron chi connectivity index (χ4n) is 2.23. The quantitative estimate of drug-likeness (QED) is 0.331. The number of methoxy groups -OCH3 is 2. The van der Waals surface area contributed by atoms with E-state index in [1.165, 1.54) is 14.2 Å². The predicted molar refractivity (Wildman–Crippen MR) is 74.2 cm³/mol. The zero-order valence-corrected chi connectivity index (χ0v) is 13.4. The molecule has 0 heterocycles. The van der Waals surface area contributed by atoms with Gasteiger partial charge in [0.25, 0.3) is 6.04 Å². The summed E-state index contributed by atoms with van der Waals surface area (Å²) >= 11 is 0. The first-order valence-corrected chi connectivity index (χ1v) is 9.74. The van der Waals surface area contributed by atoms with Gasteiger partial charge in [-0.3, -0.25) is 14.9 Å². The molecule has 1 rings (SSSR count). The molecule has 20 heavy (non-hydrogen) atoms. The van der Waals surface area contributed by atoms with Crippen LogP contribution in [0.4, 0.5) is 0 Å².